The summed E-state index contributed by atoms with van der Waals surface area (Å²) >= 11 is 0. The molecule has 148 heavy (non-hydrogen) atoms. The van der Waals surface area contributed by atoms with Gasteiger partial charge in [0, 0.05) is 252 Å². The summed E-state index contributed by atoms with van der Waals surface area (Å²) in [6, 6.07) is 83.6. The molecule has 0 fully saturated rings. The Labute approximate surface area is 1030 Å². The average molecular weight is 2480 g/mol. The molecule has 0 aromatic heterocycles. The van der Waals surface area contributed by atoms with E-state index in [0.29, 0.717) is 0 Å². The summed E-state index contributed by atoms with van der Waals surface area (Å²) in [5.74, 6) is 4.83. The van der Waals surface area contributed by atoms with Crippen LogP contribution in [0.4, 0.5) is 0 Å². The van der Waals surface area contributed by atoms with Gasteiger partial charge in [0.15, 0.2) is 33.8 Å². The minimum absolute atomic E-state index is 0. The van der Waals surface area contributed by atoms with Gasteiger partial charge in [0.2, 0.25) is 0 Å². The zero-order chi connectivity index (χ0) is 97.7. The second kappa shape index (κ2) is 57.7. The van der Waals surface area contributed by atoms with Crippen molar-refractivity contribution in [2.45, 2.75) is 245 Å². The number of hydrogen-bond donors (Lipinski definition) is 0. The van der Waals surface area contributed by atoms with E-state index < -0.39 is 0 Å². The topological polar surface area (TPSA) is 124 Å². The maximum atomic E-state index is 12.1. The first-order valence-corrected chi connectivity index (χ1v) is 55.1. The molecule has 9 aliphatic carbocycles. The smallest absolute Gasteiger partial charge is 0.192 e. The minimum atomic E-state index is 0. The number of rotatable bonds is 16. The first-order valence-electron chi connectivity index (χ1n) is 51.8. The fourth-order valence-corrected chi connectivity index (χ4v) is 26.6. The van der Waals surface area contributed by atoms with E-state index in [9.17, 15) is 18.3 Å². The summed E-state index contributed by atoms with van der Waals surface area (Å²) in [5.41, 5.74) is 42.0. The Kier molecular flexibility index (Phi) is 46.8. The van der Waals surface area contributed by atoms with Crippen molar-refractivity contribution in [2.75, 3.05) is 42.7 Å². The molecule has 6 radical (unpaired) electrons. The number of hydrogen-bond acceptors (Lipinski definition) is 10. The Bertz CT molecular complexity index is 7320. The van der Waals surface area contributed by atoms with Crippen LogP contribution in [0.3, 0.4) is 0 Å². The second-order valence-corrected chi connectivity index (χ2v) is 42.0. The van der Waals surface area contributed by atoms with E-state index in [2.05, 4.69) is 178 Å². The summed E-state index contributed by atoms with van der Waals surface area (Å²) < 4.78 is 82.1. The van der Waals surface area contributed by atoms with Gasteiger partial charge >= 0.3 is 0 Å². The fourth-order valence-electron chi connectivity index (χ4n) is 24.5. The second-order valence-electron chi connectivity index (χ2n) is 39.4. The van der Waals surface area contributed by atoms with Gasteiger partial charge in [0.25, 0.3) is 0 Å². The molecule has 24 rings (SSSR count). The van der Waals surface area contributed by atoms with Crippen molar-refractivity contribution in [3.63, 3.8) is 0 Å². The maximum absolute atomic E-state index is 12.1. The molecule has 0 spiro atoms. The number of methoxy groups -OCH3 is 6. The quantitative estimate of drug-likeness (QED) is 0.0682. The Hall–Kier alpha value is -5.10. The maximum Gasteiger partial charge on any atom is 0.192 e. The van der Waals surface area contributed by atoms with Gasteiger partial charge in [-0.3, -0.25) is 18.3 Å². The summed E-state index contributed by atoms with van der Waals surface area (Å²) in [5, 5.41) is 10.5. The number of benzene rings is 15. The third-order valence-electron chi connectivity index (χ3n) is 31.3. The number of aryl methyl sites for hydroxylation is 11. The van der Waals surface area contributed by atoms with Gasteiger partial charge in [-0.25, -0.2) is 0 Å². The zero-order valence-corrected chi connectivity index (χ0v) is 108. The zero-order valence-electron chi connectivity index (χ0n) is 87.1. The Morgan fingerprint density at radius 2 is 0.453 bits per heavy atom. The molecule has 9 aliphatic rings. The molecule has 742 valence electrons. The first-order chi connectivity index (χ1) is 69.9. The SMILES string of the molecule is COc1[c-]cc2c(c1-c1c(P=O)ccc3c1CCCC3)CCCC2.COc1[c-]cc2c(c1-c1c3c(cc(C)c1P=O)CCCC3)CCCC2.COc1[c-]cc2c(c1-c1cccc3c1CCCC3)CCCC2.COc1[c-]cc2ccccc2c1-c1c(P=O)ccc2c1CCCC2.COc1[c-]cc2ccccc2c1-c1c2c(cc(C)c1P=O)CCCC2.COc1[c-]cc2ccccc2c1-c1cccc2c1CCCC2.[Y].[Y].[Y].[Y].[Y].[Y]. The van der Waals surface area contributed by atoms with Crippen molar-refractivity contribution >= 4 is 87.4 Å². The average Bonchev–Trinajstić information content (AvgIpc) is 0.751. The van der Waals surface area contributed by atoms with Gasteiger partial charge in [-0.2, -0.15) is 53.1 Å². The van der Waals surface area contributed by atoms with Crippen LogP contribution < -0.4 is 49.6 Å². The Balaban J connectivity index is 0.000000147. The third kappa shape index (κ3) is 25.8. The first kappa shape index (κ1) is 120. The molecule has 0 saturated carbocycles. The third-order valence-corrected chi connectivity index (χ3v) is 33.9. The van der Waals surface area contributed by atoms with E-state index >= 15 is 0 Å². The van der Waals surface area contributed by atoms with Crippen LogP contribution in [-0.2, 0) is 330 Å². The van der Waals surface area contributed by atoms with E-state index in [1.807, 2.05) is 54.6 Å². The largest absolute Gasteiger partial charge is 0.522 e. The van der Waals surface area contributed by atoms with Crippen molar-refractivity contribution in [1.82, 2.24) is 0 Å². The van der Waals surface area contributed by atoms with E-state index in [1.54, 1.807) is 53.8 Å². The minimum Gasteiger partial charge on any atom is -0.522 e. The van der Waals surface area contributed by atoms with Crippen LogP contribution in [0.5, 0.6) is 34.5 Å². The van der Waals surface area contributed by atoms with E-state index in [1.165, 1.54) is 281 Å². The summed E-state index contributed by atoms with van der Waals surface area (Å²) in [4.78, 5) is 0. The Morgan fingerprint density at radius 3 is 0.804 bits per heavy atom. The van der Waals surface area contributed by atoms with Crippen LogP contribution in [0.25, 0.3) is 99.1 Å². The predicted molar refractivity (Wildman–Crippen MR) is 584 cm³/mol. The molecule has 0 saturated heterocycles. The van der Waals surface area contributed by atoms with Crippen LogP contribution in [0.15, 0.2) is 182 Å². The molecule has 20 heteroatoms. The molecule has 0 unspecified atom stereocenters. The van der Waals surface area contributed by atoms with Gasteiger partial charge in [-0.05, 0) is 277 Å². The molecule has 0 N–H and O–H groups in total. The van der Waals surface area contributed by atoms with E-state index in [4.69, 9.17) is 28.4 Å². The summed E-state index contributed by atoms with van der Waals surface area (Å²) in [7, 11) is 10.6. The van der Waals surface area contributed by atoms with Crippen molar-refractivity contribution in [1.29, 1.82) is 0 Å². The summed E-state index contributed by atoms with van der Waals surface area (Å²) in [6.45, 7) is 4.14. The van der Waals surface area contributed by atoms with Crippen LogP contribution in [0, 0.1) is 50.2 Å². The van der Waals surface area contributed by atoms with Crippen molar-refractivity contribution in [3.8, 4) is 101 Å². The van der Waals surface area contributed by atoms with Gasteiger partial charge in [0.1, 0.15) is 0 Å². The number of ether oxygens (including phenoxy) is 6. The molecule has 15 aromatic carbocycles. The molecular weight excluding hydrogens is 2350 g/mol. The normalized spacial score (nSPS) is 14.6. The molecule has 0 amide bonds. The van der Waals surface area contributed by atoms with Gasteiger partial charge in [-0.1, -0.05) is 240 Å². The monoisotopic (exact) mass is 2480 g/mol. The predicted octanol–water partition coefficient (Wildman–Crippen LogP) is 30.6. The molecule has 15 aromatic rings. The van der Waals surface area contributed by atoms with Crippen LogP contribution in [-0.4, -0.2) is 42.7 Å². The van der Waals surface area contributed by atoms with Crippen LogP contribution in [0.1, 0.15) is 227 Å². The molecular formula is C128H126O10P4Y6-6. The summed E-state index contributed by atoms with van der Waals surface area (Å²) in [6.07, 6.45) is 42.6. The van der Waals surface area contributed by atoms with Gasteiger partial charge < -0.3 is 28.4 Å². The molecule has 0 heterocycles. The molecule has 0 bridgehead atoms. The standard InChI is InChI=1S/C22H24O2P.C22H20O2P.C21H22O2P.C21H18O2P.C21H23O.C21H19O.6Y/c2*1-14-13-16-8-4-6-10-18(16)21(22(14)25-23)20-17-9-5-3-7-15(17)11-12-19(20)24-2;2*1-23-18-12-10-14-6-2-4-8-16(14)20(18)21-17-9-5-3-7-15(17)11-13-19(21)24-22;2*1-22-20-14-13-16-8-3-5-11-18(16)21(20)19-12-6-9-15-7-2-4-10-17(15)19;;;;;;/h11,13H,3-10H2,1-2H3;3,5,7,9,11,13H,4,6,8,10H2,1-2H3;10-11,13H,2-9H2,1H3;2,4,6,8,10-11,13H,3,5,7,9H2,1H3;6,9,12-13H,2-5,7-8,10-11H2,1H3;3,5-6,8-9,11-13H,2,4,7,10H2,1H3;;;;;;/q6*-1;;;;;;. The van der Waals surface area contributed by atoms with Crippen molar-refractivity contribution < 1.29 is 243 Å². The van der Waals surface area contributed by atoms with Crippen LogP contribution >= 0.6 is 33.8 Å². The number of fused-ring (bicyclic) bond motifs is 12. The fraction of sp³-hybridized carbons (Fsp3) is 0.344. The van der Waals surface area contributed by atoms with E-state index in [0.717, 1.165) is 205 Å². The van der Waals surface area contributed by atoms with Gasteiger partial charge in [0.05, 0.1) is 42.7 Å². The van der Waals surface area contributed by atoms with Gasteiger partial charge in [-0.15, -0.1) is 104 Å². The van der Waals surface area contributed by atoms with Crippen molar-refractivity contribution in [3.05, 3.63) is 330 Å². The molecule has 0 aliphatic heterocycles. The molecule has 0 atom stereocenters. The Morgan fingerprint density at radius 1 is 0.209 bits per heavy atom. The van der Waals surface area contributed by atoms with E-state index in [-0.39, 0.29) is 230 Å². The van der Waals surface area contributed by atoms with Crippen LogP contribution in [0.2, 0.25) is 0 Å². The molecule has 10 nitrogen and oxygen atoms in total. The van der Waals surface area contributed by atoms with Crippen molar-refractivity contribution in [2.24, 2.45) is 0 Å².